The summed E-state index contributed by atoms with van der Waals surface area (Å²) in [7, 11) is 0. The van der Waals surface area contributed by atoms with Crippen molar-refractivity contribution in [2.24, 2.45) is 0 Å². The van der Waals surface area contributed by atoms with Crippen molar-refractivity contribution >= 4 is 0 Å². The van der Waals surface area contributed by atoms with Gasteiger partial charge in [-0.3, -0.25) is 4.90 Å². The van der Waals surface area contributed by atoms with Crippen LogP contribution in [0.25, 0.3) is 0 Å². The van der Waals surface area contributed by atoms with Crippen LogP contribution in [0, 0.1) is 0 Å². The van der Waals surface area contributed by atoms with E-state index in [9.17, 15) is 15.3 Å². The van der Waals surface area contributed by atoms with Gasteiger partial charge in [-0.1, -0.05) is 6.92 Å². The molecule has 0 aromatic carbocycles. The summed E-state index contributed by atoms with van der Waals surface area (Å²) < 4.78 is 0. The lowest BCUT2D eigenvalue weighted by Gasteiger charge is -2.26. The van der Waals surface area contributed by atoms with Crippen LogP contribution in [0.2, 0.25) is 0 Å². The summed E-state index contributed by atoms with van der Waals surface area (Å²) in [6.45, 7) is 6.80. The van der Waals surface area contributed by atoms with Gasteiger partial charge < -0.3 is 15.3 Å². The van der Waals surface area contributed by atoms with E-state index in [0.29, 0.717) is 26.1 Å². The molecule has 86 valence electrons. The Kier molecular flexibility index (Phi) is 7.09. The van der Waals surface area contributed by atoms with Gasteiger partial charge in [0, 0.05) is 19.6 Å². The van der Waals surface area contributed by atoms with Gasteiger partial charge in [0.2, 0.25) is 0 Å². The zero-order valence-electron chi connectivity index (χ0n) is 9.35. The number of hydrogen-bond donors (Lipinski definition) is 3. The second kappa shape index (κ2) is 7.17. The lowest BCUT2D eigenvalue weighted by atomic mass is 10.2. The third-order valence-electron chi connectivity index (χ3n) is 1.99. The van der Waals surface area contributed by atoms with Crippen LogP contribution in [0.5, 0.6) is 0 Å². The molecule has 0 aliphatic carbocycles. The van der Waals surface area contributed by atoms with Gasteiger partial charge in [0.1, 0.15) is 0 Å². The van der Waals surface area contributed by atoms with Crippen LogP contribution in [0.1, 0.15) is 27.2 Å². The van der Waals surface area contributed by atoms with E-state index in [-0.39, 0.29) is 6.10 Å². The van der Waals surface area contributed by atoms with Crippen LogP contribution in [0.3, 0.4) is 0 Å². The number of rotatable bonds is 7. The van der Waals surface area contributed by atoms with Crippen molar-refractivity contribution in [3.05, 3.63) is 0 Å². The number of aliphatic hydroxyl groups excluding tert-OH is 3. The molecule has 0 unspecified atom stereocenters. The van der Waals surface area contributed by atoms with Gasteiger partial charge in [-0.2, -0.15) is 0 Å². The molecule has 0 rings (SSSR count). The molecule has 0 spiro atoms. The highest BCUT2D eigenvalue weighted by Gasteiger charge is 2.14. The van der Waals surface area contributed by atoms with E-state index < -0.39 is 12.2 Å². The van der Waals surface area contributed by atoms with Crippen LogP contribution in [-0.4, -0.2) is 58.2 Å². The minimum absolute atomic E-state index is 0.382. The monoisotopic (exact) mass is 205 g/mol. The maximum absolute atomic E-state index is 9.45. The van der Waals surface area contributed by atoms with E-state index in [1.54, 1.807) is 13.8 Å². The molecule has 0 aromatic rings. The maximum atomic E-state index is 9.45. The van der Waals surface area contributed by atoms with Crippen LogP contribution in [0.15, 0.2) is 0 Å². The molecule has 3 atom stereocenters. The fourth-order valence-electron chi connectivity index (χ4n) is 1.40. The molecule has 0 saturated heterocycles. The highest BCUT2D eigenvalue weighted by atomic mass is 16.3. The third kappa shape index (κ3) is 7.26. The Morgan fingerprint density at radius 2 is 1.36 bits per heavy atom. The minimum atomic E-state index is -0.433. The van der Waals surface area contributed by atoms with Crippen molar-refractivity contribution in [3.63, 3.8) is 0 Å². The Hall–Kier alpha value is -0.160. The van der Waals surface area contributed by atoms with Crippen molar-refractivity contribution < 1.29 is 15.3 Å². The Balaban J connectivity index is 3.96. The molecule has 14 heavy (non-hydrogen) atoms. The molecule has 0 aliphatic rings. The van der Waals surface area contributed by atoms with Crippen LogP contribution >= 0.6 is 0 Å². The van der Waals surface area contributed by atoms with Crippen LogP contribution in [-0.2, 0) is 0 Å². The molecule has 0 fully saturated rings. The van der Waals surface area contributed by atoms with Gasteiger partial charge in [0.05, 0.1) is 18.3 Å². The largest absolute Gasteiger partial charge is 0.392 e. The van der Waals surface area contributed by atoms with E-state index in [1.165, 1.54) is 0 Å². The molecule has 0 aromatic heterocycles. The zero-order valence-corrected chi connectivity index (χ0v) is 9.35. The lowest BCUT2D eigenvalue weighted by molar-refractivity contribution is 0.0466. The molecule has 0 aliphatic heterocycles. The minimum Gasteiger partial charge on any atom is -0.392 e. The van der Waals surface area contributed by atoms with Crippen molar-refractivity contribution in [2.45, 2.75) is 45.5 Å². The summed E-state index contributed by atoms with van der Waals surface area (Å²) in [4.78, 5) is 1.88. The highest BCUT2D eigenvalue weighted by molar-refractivity contribution is 4.68. The molecule has 0 amide bonds. The molecule has 3 N–H and O–H groups in total. The molecule has 0 saturated carbocycles. The van der Waals surface area contributed by atoms with E-state index >= 15 is 0 Å². The summed E-state index contributed by atoms with van der Waals surface area (Å²) in [5.41, 5.74) is 0. The topological polar surface area (TPSA) is 63.9 Å². The summed E-state index contributed by atoms with van der Waals surface area (Å²) in [6.07, 6.45) is -0.557. The summed E-state index contributed by atoms with van der Waals surface area (Å²) in [6, 6.07) is 0. The van der Waals surface area contributed by atoms with Crippen LogP contribution < -0.4 is 0 Å². The SMILES string of the molecule is CC[C@@H](O)CN(C[C@@H](C)O)C[C@@H](C)O. The first-order valence-corrected chi connectivity index (χ1v) is 5.22. The third-order valence-corrected chi connectivity index (χ3v) is 1.99. The highest BCUT2D eigenvalue weighted by Crippen LogP contribution is 2.00. The first kappa shape index (κ1) is 13.8. The van der Waals surface area contributed by atoms with Crippen LogP contribution in [0.4, 0.5) is 0 Å². The normalized spacial score (nSPS) is 18.2. The first-order chi connectivity index (χ1) is 6.45. The summed E-state index contributed by atoms with van der Waals surface area (Å²) in [5, 5.41) is 27.9. The molecule has 0 heterocycles. The Morgan fingerprint density at radius 1 is 0.929 bits per heavy atom. The standard InChI is InChI=1S/C10H23NO3/c1-4-10(14)7-11(5-8(2)12)6-9(3)13/h8-10,12-14H,4-7H2,1-3H3/t8-,9-,10-/m1/s1. The molecule has 0 bridgehead atoms. The fraction of sp³-hybridized carbons (Fsp3) is 1.00. The van der Waals surface area contributed by atoms with Crippen molar-refractivity contribution in [3.8, 4) is 0 Å². The van der Waals surface area contributed by atoms with Gasteiger partial charge in [-0.25, -0.2) is 0 Å². The zero-order chi connectivity index (χ0) is 11.1. The van der Waals surface area contributed by atoms with Gasteiger partial charge in [0.15, 0.2) is 0 Å². The average Bonchev–Trinajstić information content (AvgIpc) is 2.01. The molecule has 4 heteroatoms. The van der Waals surface area contributed by atoms with E-state index in [2.05, 4.69) is 0 Å². The summed E-state index contributed by atoms with van der Waals surface area (Å²) >= 11 is 0. The smallest absolute Gasteiger partial charge is 0.0664 e. The van der Waals surface area contributed by atoms with Gasteiger partial charge >= 0.3 is 0 Å². The van der Waals surface area contributed by atoms with E-state index in [0.717, 1.165) is 0 Å². The Labute approximate surface area is 86.2 Å². The Bertz CT molecular complexity index is 129. The number of aliphatic hydroxyl groups is 3. The fourth-order valence-corrected chi connectivity index (χ4v) is 1.40. The molecular formula is C10H23NO3. The van der Waals surface area contributed by atoms with Gasteiger partial charge in [0.25, 0.3) is 0 Å². The van der Waals surface area contributed by atoms with E-state index in [4.69, 9.17) is 0 Å². The van der Waals surface area contributed by atoms with E-state index in [1.807, 2.05) is 11.8 Å². The number of hydrogen-bond acceptors (Lipinski definition) is 4. The molecule has 0 radical (unpaired) electrons. The number of nitrogens with zero attached hydrogens (tertiary/aromatic N) is 1. The second-order valence-corrected chi connectivity index (χ2v) is 3.98. The molecular weight excluding hydrogens is 182 g/mol. The summed E-state index contributed by atoms with van der Waals surface area (Å²) in [5.74, 6) is 0. The Morgan fingerprint density at radius 3 is 1.64 bits per heavy atom. The predicted octanol–water partition coefficient (Wildman–Crippen LogP) is -0.179. The first-order valence-electron chi connectivity index (χ1n) is 5.22. The second-order valence-electron chi connectivity index (χ2n) is 3.98. The van der Waals surface area contributed by atoms with Crippen molar-refractivity contribution in [1.82, 2.24) is 4.90 Å². The maximum Gasteiger partial charge on any atom is 0.0664 e. The average molecular weight is 205 g/mol. The van der Waals surface area contributed by atoms with Crippen molar-refractivity contribution in [1.29, 1.82) is 0 Å². The van der Waals surface area contributed by atoms with Gasteiger partial charge in [-0.05, 0) is 20.3 Å². The van der Waals surface area contributed by atoms with Crippen molar-refractivity contribution in [2.75, 3.05) is 19.6 Å². The quantitative estimate of drug-likeness (QED) is 0.539. The molecule has 4 nitrogen and oxygen atoms in total. The van der Waals surface area contributed by atoms with Gasteiger partial charge in [-0.15, -0.1) is 0 Å². The lowest BCUT2D eigenvalue weighted by Crippen LogP contribution is -2.40. The predicted molar refractivity (Wildman–Crippen MR) is 56.1 cm³/mol.